The predicted octanol–water partition coefficient (Wildman–Crippen LogP) is 1.05. The van der Waals surface area contributed by atoms with Gasteiger partial charge in [-0.25, -0.2) is 9.07 Å². The molecule has 0 aliphatic rings. The molecule has 0 saturated heterocycles. The van der Waals surface area contributed by atoms with Crippen LogP contribution in [0.4, 0.5) is 10.2 Å². The van der Waals surface area contributed by atoms with Gasteiger partial charge in [0.2, 0.25) is 0 Å². The Morgan fingerprint density at radius 2 is 2.29 bits per heavy atom. The van der Waals surface area contributed by atoms with Gasteiger partial charge in [-0.05, 0) is 17.7 Å². The lowest BCUT2D eigenvalue weighted by molar-refractivity contribution is 0.616. The van der Waals surface area contributed by atoms with E-state index >= 15 is 0 Å². The fraction of sp³-hybridized carbons (Fsp3) is 0.111. The molecule has 0 spiro atoms. The minimum Gasteiger partial charge on any atom is -0.383 e. The number of benzene rings is 1. The molecule has 0 aliphatic carbocycles. The summed E-state index contributed by atoms with van der Waals surface area (Å²) in [6.45, 7) is 0.434. The Morgan fingerprint density at radius 1 is 1.43 bits per heavy atom. The first-order valence-electron chi connectivity index (χ1n) is 4.14. The molecule has 2 aromatic rings. The van der Waals surface area contributed by atoms with Crippen LogP contribution in [0.15, 0.2) is 30.5 Å². The molecule has 0 radical (unpaired) electrons. The summed E-state index contributed by atoms with van der Waals surface area (Å²) in [5.74, 6) is 0.204. The molecule has 0 bridgehead atoms. The third-order valence-electron chi connectivity index (χ3n) is 1.87. The Morgan fingerprint density at radius 3 is 2.93 bits per heavy atom. The van der Waals surface area contributed by atoms with Gasteiger partial charge in [0.25, 0.3) is 0 Å². The third-order valence-corrected chi connectivity index (χ3v) is 1.87. The molecule has 1 aromatic carbocycles. The van der Waals surface area contributed by atoms with Crippen LogP contribution in [0.5, 0.6) is 0 Å². The normalized spacial score (nSPS) is 10.4. The lowest BCUT2D eigenvalue weighted by Gasteiger charge is -2.02. The van der Waals surface area contributed by atoms with E-state index in [4.69, 9.17) is 5.73 Å². The van der Waals surface area contributed by atoms with E-state index in [-0.39, 0.29) is 5.82 Å². The molecule has 2 rings (SSSR count). The number of aromatic nitrogens is 3. The van der Waals surface area contributed by atoms with E-state index < -0.39 is 0 Å². The standard InChI is InChI=1S/C9H9FN4/c10-8-3-1-2-7(4-8)6-14-9(11)5-12-13-14/h1-5H,6,11H2. The van der Waals surface area contributed by atoms with Gasteiger partial charge in [0.15, 0.2) is 0 Å². The van der Waals surface area contributed by atoms with E-state index in [1.54, 1.807) is 6.07 Å². The Labute approximate surface area is 80.2 Å². The van der Waals surface area contributed by atoms with Gasteiger partial charge in [0.05, 0.1) is 12.7 Å². The van der Waals surface area contributed by atoms with Crippen LogP contribution in [0.25, 0.3) is 0 Å². The summed E-state index contributed by atoms with van der Waals surface area (Å²) in [4.78, 5) is 0. The maximum absolute atomic E-state index is 12.8. The van der Waals surface area contributed by atoms with Crippen molar-refractivity contribution in [2.45, 2.75) is 6.54 Å². The molecule has 0 unspecified atom stereocenters. The van der Waals surface area contributed by atoms with Gasteiger partial charge in [-0.15, -0.1) is 5.10 Å². The maximum Gasteiger partial charge on any atom is 0.142 e. The van der Waals surface area contributed by atoms with Crippen LogP contribution in [0.1, 0.15) is 5.56 Å². The molecule has 2 N–H and O–H groups in total. The van der Waals surface area contributed by atoms with Gasteiger partial charge < -0.3 is 5.73 Å². The Kier molecular flexibility index (Phi) is 2.14. The van der Waals surface area contributed by atoms with Crippen molar-refractivity contribution >= 4 is 5.82 Å². The molecular weight excluding hydrogens is 183 g/mol. The van der Waals surface area contributed by atoms with Crippen molar-refractivity contribution < 1.29 is 4.39 Å². The number of nitrogens with zero attached hydrogens (tertiary/aromatic N) is 3. The van der Waals surface area contributed by atoms with Crippen LogP contribution in [0.2, 0.25) is 0 Å². The van der Waals surface area contributed by atoms with Gasteiger partial charge in [-0.3, -0.25) is 0 Å². The maximum atomic E-state index is 12.8. The smallest absolute Gasteiger partial charge is 0.142 e. The topological polar surface area (TPSA) is 56.7 Å². The van der Waals surface area contributed by atoms with Crippen molar-refractivity contribution in [1.82, 2.24) is 15.0 Å². The highest BCUT2D eigenvalue weighted by molar-refractivity contribution is 5.25. The average Bonchev–Trinajstić information content (AvgIpc) is 2.52. The van der Waals surface area contributed by atoms with E-state index in [9.17, 15) is 4.39 Å². The van der Waals surface area contributed by atoms with Gasteiger partial charge in [0.1, 0.15) is 11.6 Å². The largest absolute Gasteiger partial charge is 0.383 e. The van der Waals surface area contributed by atoms with E-state index in [0.717, 1.165) is 5.56 Å². The number of halogens is 1. The van der Waals surface area contributed by atoms with Crippen LogP contribution in [-0.2, 0) is 6.54 Å². The fourth-order valence-electron chi connectivity index (χ4n) is 1.20. The zero-order valence-electron chi connectivity index (χ0n) is 7.39. The third kappa shape index (κ3) is 1.71. The average molecular weight is 192 g/mol. The Hall–Kier alpha value is -1.91. The second-order valence-corrected chi connectivity index (χ2v) is 2.95. The molecule has 14 heavy (non-hydrogen) atoms. The first-order valence-corrected chi connectivity index (χ1v) is 4.14. The number of hydrogen-bond acceptors (Lipinski definition) is 3. The van der Waals surface area contributed by atoms with E-state index in [0.29, 0.717) is 12.4 Å². The SMILES string of the molecule is Nc1cnnn1Cc1cccc(F)c1. The number of nitrogens with two attached hydrogens (primary N) is 1. The van der Waals surface area contributed by atoms with Gasteiger partial charge >= 0.3 is 0 Å². The number of hydrogen-bond donors (Lipinski definition) is 1. The minimum atomic E-state index is -0.263. The summed E-state index contributed by atoms with van der Waals surface area (Å²) in [7, 11) is 0. The predicted molar refractivity (Wildman–Crippen MR) is 49.9 cm³/mol. The highest BCUT2D eigenvalue weighted by Crippen LogP contribution is 2.07. The summed E-state index contributed by atoms with van der Waals surface area (Å²) >= 11 is 0. The lowest BCUT2D eigenvalue weighted by atomic mass is 10.2. The molecule has 4 nitrogen and oxygen atoms in total. The summed E-state index contributed by atoms with van der Waals surface area (Å²) in [6.07, 6.45) is 1.46. The van der Waals surface area contributed by atoms with Gasteiger partial charge in [-0.1, -0.05) is 17.3 Å². The lowest BCUT2D eigenvalue weighted by Crippen LogP contribution is -2.05. The van der Waals surface area contributed by atoms with Crippen LogP contribution < -0.4 is 5.73 Å². The van der Waals surface area contributed by atoms with Crippen molar-refractivity contribution in [3.8, 4) is 0 Å². The van der Waals surface area contributed by atoms with Gasteiger partial charge in [-0.2, -0.15) is 0 Å². The summed E-state index contributed by atoms with van der Waals surface area (Å²) in [6, 6.07) is 6.30. The van der Waals surface area contributed by atoms with Crippen LogP contribution in [0.3, 0.4) is 0 Å². The quantitative estimate of drug-likeness (QED) is 0.773. The van der Waals surface area contributed by atoms with Crippen LogP contribution in [0, 0.1) is 5.82 Å². The van der Waals surface area contributed by atoms with Crippen molar-refractivity contribution in [2.75, 3.05) is 5.73 Å². The van der Waals surface area contributed by atoms with Crippen LogP contribution in [-0.4, -0.2) is 15.0 Å². The summed E-state index contributed by atoms with van der Waals surface area (Å²) in [5, 5.41) is 7.39. The monoisotopic (exact) mass is 192 g/mol. The minimum absolute atomic E-state index is 0.263. The van der Waals surface area contributed by atoms with E-state index in [1.165, 1.54) is 23.0 Å². The van der Waals surface area contributed by atoms with Crippen molar-refractivity contribution in [3.05, 3.63) is 41.8 Å². The molecule has 0 aliphatic heterocycles. The summed E-state index contributed by atoms with van der Waals surface area (Å²) < 4.78 is 14.3. The molecule has 0 amide bonds. The number of anilines is 1. The molecule has 1 aromatic heterocycles. The first kappa shape index (κ1) is 8.68. The second-order valence-electron chi connectivity index (χ2n) is 2.95. The molecular formula is C9H9FN4. The summed E-state index contributed by atoms with van der Waals surface area (Å²) in [5.41, 5.74) is 6.38. The highest BCUT2D eigenvalue weighted by atomic mass is 19.1. The molecule has 5 heteroatoms. The van der Waals surface area contributed by atoms with Crippen LogP contribution >= 0.6 is 0 Å². The number of rotatable bonds is 2. The molecule has 1 heterocycles. The Bertz CT molecular complexity index is 438. The zero-order chi connectivity index (χ0) is 9.97. The molecule has 0 fully saturated rings. The molecule has 72 valence electrons. The van der Waals surface area contributed by atoms with E-state index in [2.05, 4.69) is 10.3 Å². The molecule has 0 atom stereocenters. The Balaban J connectivity index is 2.23. The van der Waals surface area contributed by atoms with Crippen molar-refractivity contribution in [3.63, 3.8) is 0 Å². The second kappa shape index (κ2) is 3.45. The van der Waals surface area contributed by atoms with Gasteiger partial charge in [0, 0.05) is 0 Å². The highest BCUT2D eigenvalue weighted by Gasteiger charge is 2.01. The van der Waals surface area contributed by atoms with Crippen molar-refractivity contribution in [1.29, 1.82) is 0 Å². The first-order chi connectivity index (χ1) is 6.75. The van der Waals surface area contributed by atoms with E-state index in [1.807, 2.05) is 6.07 Å². The molecule has 0 saturated carbocycles. The van der Waals surface area contributed by atoms with Crippen molar-refractivity contribution in [2.24, 2.45) is 0 Å². The number of nitrogen functional groups attached to an aromatic ring is 1. The zero-order valence-corrected chi connectivity index (χ0v) is 7.39. The fourth-order valence-corrected chi connectivity index (χ4v) is 1.20.